The van der Waals surface area contributed by atoms with Crippen molar-refractivity contribution in [1.82, 2.24) is 15.1 Å². The summed E-state index contributed by atoms with van der Waals surface area (Å²) in [7, 11) is 0. The van der Waals surface area contributed by atoms with Gasteiger partial charge in [0.15, 0.2) is 0 Å². The summed E-state index contributed by atoms with van der Waals surface area (Å²) in [5.74, 6) is 0.189. The molecule has 1 N–H and O–H groups in total. The van der Waals surface area contributed by atoms with E-state index in [4.69, 9.17) is 11.6 Å². The summed E-state index contributed by atoms with van der Waals surface area (Å²) in [6.45, 7) is 6.88. The third-order valence-corrected chi connectivity index (χ3v) is 4.83. The Morgan fingerprint density at radius 3 is 2.45 bits per heavy atom. The van der Waals surface area contributed by atoms with Crippen molar-refractivity contribution in [2.24, 2.45) is 0 Å². The summed E-state index contributed by atoms with van der Waals surface area (Å²) in [6.07, 6.45) is 2.29. The Hall–Kier alpha value is -1.10. The van der Waals surface area contributed by atoms with Gasteiger partial charge in [-0.05, 0) is 37.5 Å². The minimum atomic E-state index is -0.0155. The molecule has 3 rings (SSSR count). The minimum Gasteiger partial charge on any atom is -0.352 e. The Labute approximate surface area is 137 Å². The van der Waals surface area contributed by atoms with Crippen LogP contribution in [0, 0.1) is 0 Å². The van der Waals surface area contributed by atoms with Crippen molar-refractivity contribution in [2.45, 2.75) is 38.4 Å². The number of hydrogen-bond acceptors (Lipinski definition) is 3. The molecule has 2 aliphatic rings. The number of hydrogen-bond donors (Lipinski definition) is 1. The number of carbonyl (C=O) groups is 1. The van der Waals surface area contributed by atoms with E-state index >= 15 is 0 Å². The molecule has 1 atom stereocenters. The molecule has 1 heterocycles. The van der Waals surface area contributed by atoms with Crippen LogP contribution in [0.2, 0.25) is 5.02 Å². The quantitative estimate of drug-likeness (QED) is 0.902. The summed E-state index contributed by atoms with van der Waals surface area (Å²) in [5, 5.41) is 3.88. The molecule has 1 saturated carbocycles. The smallest absolute Gasteiger partial charge is 0.237 e. The third-order valence-electron chi connectivity index (χ3n) is 4.58. The molecule has 4 nitrogen and oxygen atoms in total. The van der Waals surface area contributed by atoms with E-state index in [9.17, 15) is 4.79 Å². The first-order chi connectivity index (χ1) is 10.6. The first-order valence-corrected chi connectivity index (χ1v) is 8.51. The molecular formula is C17H24ClN3O. The van der Waals surface area contributed by atoms with E-state index in [0.29, 0.717) is 6.04 Å². The molecule has 1 aromatic carbocycles. The molecule has 0 aromatic heterocycles. The molecule has 0 radical (unpaired) electrons. The maximum atomic E-state index is 12.1. The van der Waals surface area contributed by atoms with E-state index in [1.807, 2.05) is 19.1 Å². The van der Waals surface area contributed by atoms with Crippen LogP contribution in [0.4, 0.5) is 0 Å². The van der Waals surface area contributed by atoms with E-state index in [2.05, 4.69) is 27.2 Å². The van der Waals surface area contributed by atoms with Crippen LogP contribution in [0.5, 0.6) is 0 Å². The fraction of sp³-hybridized carbons (Fsp3) is 0.588. The van der Waals surface area contributed by atoms with Crippen molar-refractivity contribution in [3.63, 3.8) is 0 Å². The summed E-state index contributed by atoms with van der Waals surface area (Å²) < 4.78 is 0. The van der Waals surface area contributed by atoms with Crippen molar-refractivity contribution in [1.29, 1.82) is 0 Å². The number of carbonyl (C=O) groups excluding carboxylic acids is 1. The normalized spacial score (nSPS) is 21.5. The van der Waals surface area contributed by atoms with Crippen LogP contribution in [-0.2, 0) is 11.3 Å². The largest absolute Gasteiger partial charge is 0.352 e. The van der Waals surface area contributed by atoms with Crippen LogP contribution in [0.3, 0.4) is 0 Å². The molecule has 5 heteroatoms. The highest BCUT2D eigenvalue weighted by Crippen LogP contribution is 2.19. The lowest BCUT2D eigenvalue weighted by atomic mass is 10.1. The van der Waals surface area contributed by atoms with Crippen LogP contribution >= 0.6 is 11.6 Å². The zero-order chi connectivity index (χ0) is 15.5. The minimum absolute atomic E-state index is 0.0155. The summed E-state index contributed by atoms with van der Waals surface area (Å²) >= 11 is 5.92. The first-order valence-electron chi connectivity index (χ1n) is 8.13. The van der Waals surface area contributed by atoms with Gasteiger partial charge < -0.3 is 5.32 Å². The monoisotopic (exact) mass is 321 g/mol. The Bertz CT molecular complexity index is 507. The van der Waals surface area contributed by atoms with Crippen LogP contribution in [-0.4, -0.2) is 54.0 Å². The summed E-state index contributed by atoms with van der Waals surface area (Å²) in [6, 6.07) is 8.48. The number of rotatable bonds is 5. The second-order valence-electron chi connectivity index (χ2n) is 6.40. The average Bonchev–Trinajstić information content (AvgIpc) is 3.33. The molecular weight excluding hydrogens is 298 g/mol. The molecule has 0 bridgehead atoms. The molecule has 2 fully saturated rings. The fourth-order valence-corrected chi connectivity index (χ4v) is 3.00. The van der Waals surface area contributed by atoms with Crippen molar-refractivity contribution < 1.29 is 4.79 Å². The maximum Gasteiger partial charge on any atom is 0.237 e. The standard InChI is InChI=1S/C17H24ClN3O/c1-13(17(22)19-16-6-7-16)21-10-8-20(9-11-21)12-14-2-4-15(18)5-3-14/h2-5,13,16H,6-12H2,1H3,(H,19,22). The molecule has 1 aliphatic heterocycles. The van der Waals surface area contributed by atoms with Crippen molar-refractivity contribution in [2.75, 3.05) is 26.2 Å². The van der Waals surface area contributed by atoms with Gasteiger partial charge in [0.2, 0.25) is 5.91 Å². The second-order valence-corrected chi connectivity index (χ2v) is 6.83. The molecule has 0 spiro atoms. The second kappa shape index (κ2) is 6.99. The van der Waals surface area contributed by atoms with Gasteiger partial charge in [-0.2, -0.15) is 0 Å². The van der Waals surface area contributed by atoms with Crippen LogP contribution < -0.4 is 5.32 Å². The predicted molar refractivity (Wildman–Crippen MR) is 88.9 cm³/mol. The fourth-order valence-electron chi connectivity index (χ4n) is 2.87. The molecule has 1 saturated heterocycles. The van der Waals surface area contributed by atoms with Crippen LogP contribution in [0.1, 0.15) is 25.3 Å². The number of amides is 1. The topological polar surface area (TPSA) is 35.6 Å². The molecule has 1 aliphatic carbocycles. The number of nitrogens with zero attached hydrogens (tertiary/aromatic N) is 2. The van der Waals surface area contributed by atoms with Gasteiger partial charge in [-0.15, -0.1) is 0 Å². The third kappa shape index (κ3) is 4.22. The lowest BCUT2D eigenvalue weighted by Gasteiger charge is -2.37. The van der Waals surface area contributed by atoms with Gasteiger partial charge in [0.1, 0.15) is 0 Å². The Morgan fingerprint density at radius 2 is 1.86 bits per heavy atom. The van der Waals surface area contributed by atoms with E-state index < -0.39 is 0 Å². The van der Waals surface area contributed by atoms with E-state index in [1.165, 1.54) is 5.56 Å². The number of halogens is 1. The molecule has 120 valence electrons. The average molecular weight is 322 g/mol. The van der Waals surface area contributed by atoms with Crippen LogP contribution in [0.15, 0.2) is 24.3 Å². The van der Waals surface area contributed by atoms with Gasteiger partial charge in [-0.25, -0.2) is 0 Å². The molecule has 1 unspecified atom stereocenters. The SMILES string of the molecule is CC(C(=O)NC1CC1)N1CCN(Cc2ccc(Cl)cc2)CC1. The van der Waals surface area contributed by atoms with Gasteiger partial charge >= 0.3 is 0 Å². The molecule has 1 amide bonds. The van der Waals surface area contributed by atoms with Crippen molar-refractivity contribution in [3.8, 4) is 0 Å². The van der Waals surface area contributed by atoms with Gasteiger partial charge in [0, 0.05) is 43.8 Å². The number of piperazine rings is 1. The van der Waals surface area contributed by atoms with Crippen molar-refractivity contribution in [3.05, 3.63) is 34.9 Å². The van der Waals surface area contributed by atoms with Gasteiger partial charge in [-0.3, -0.25) is 14.6 Å². The zero-order valence-corrected chi connectivity index (χ0v) is 13.9. The van der Waals surface area contributed by atoms with E-state index in [0.717, 1.165) is 50.6 Å². The summed E-state index contributed by atoms with van der Waals surface area (Å²) in [5.41, 5.74) is 1.29. The number of benzene rings is 1. The van der Waals surface area contributed by atoms with Gasteiger partial charge in [0.25, 0.3) is 0 Å². The van der Waals surface area contributed by atoms with Gasteiger partial charge in [0.05, 0.1) is 6.04 Å². The molecule has 22 heavy (non-hydrogen) atoms. The Balaban J connectivity index is 1.45. The lowest BCUT2D eigenvalue weighted by Crippen LogP contribution is -2.53. The maximum absolute atomic E-state index is 12.1. The Kier molecular flexibility index (Phi) is 5.01. The number of nitrogens with one attached hydrogen (secondary N) is 1. The highest BCUT2D eigenvalue weighted by molar-refractivity contribution is 6.30. The predicted octanol–water partition coefficient (Wildman–Crippen LogP) is 2.12. The van der Waals surface area contributed by atoms with Gasteiger partial charge in [-0.1, -0.05) is 23.7 Å². The zero-order valence-electron chi connectivity index (χ0n) is 13.1. The summed E-state index contributed by atoms with van der Waals surface area (Å²) in [4.78, 5) is 16.8. The van der Waals surface area contributed by atoms with Crippen molar-refractivity contribution >= 4 is 17.5 Å². The highest BCUT2D eigenvalue weighted by Gasteiger charge is 2.29. The highest BCUT2D eigenvalue weighted by atomic mass is 35.5. The molecule has 1 aromatic rings. The van der Waals surface area contributed by atoms with E-state index in [1.54, 1.807) is 0 Å². The first kappa shape index (κ1) is 15.8. The van der Waals surface area contributed by atoms with Crippen LogP contribution in [0.25, 0.3) is 0 Å². The van der Waals surface area contributed by atoms with E-state index in [-0.39, 0.29) is 11.9 Å². The Morgan fingerprint density at radius 1 is 1.23 bits per heavy atom. The lowest BCUT2D eigenvalue weighted by molar-refractivity contribution is -0.126.